The van der Waals surface area contributed by atoms with Gasteiger partial charge in [-0.05, 0) is 38.2 Å². The van der Waals surface area contributed by atoms with Crippen molar-refractivity contribution in [3.8, 4) is 23.0 Å². The van der Waals surface area contributed by atoms with Gasteiger partial charge in [0.05, 0.1) is 45.1 Å². The number of hydrogen-bond donors (Lipinski definition) is 2. The molecule has 4 aromatic rings. The van der Waals surface area contributed by atoms with Crippen LogP contribution in [0.3, 0.4) is 0 Å². The number of benzene rings is 2. The number of nitrogens with one attached hydrogen (secondary N) is 2. The summed E-state index contributed by atoms with van der Waals surface area (Å²) in [6, 6.07) is 7.41. The van der Waals surface area contributed by atoms with Crippen molar-refractivity contribution in [2.75, 3.05) is 48.1 Å². The lowest BCUT2D eigenvalue weighted by Gasteiger charge is -2.18. The zero-order valence-corrected chi connectivity index (χ0v) is 24.3. The van der Waals surface area contributed by atoms with Gasteiger partial charge in [0, 0.05) is 58.5 Å². The predicted molar refractivity (Wildman–Crippen MR) is 159 cm³/mol. The Labute approximate surface area is 238 Å². The third kappa shape index (κ3) is 4.88. The molecule has 0 bridgehead atoms. The summed E-state index contributed by atoms with van der Waals surface area (Å²) in [7, 11) is 6.30. The van der Waals surface area contributed by atoms with Crippen LogP contribution in [0.15, 0.2) is 36.7 Å². The molecule has 2 amide bonds. The average molecular weight is 561 g/mol. The lowest BCUT2D eigenvalue weighted by molar-refractivity contribution is -0.122. The molecule has 0 saturated carbocycles. The molecule has 0 spiro atoms. The second kappa shape index (κ2) is 11.6. The number of ether oxygens (including phenoxy) is 4. The molecule has 1 aliphatic heterocycles. The van der Waals surface area contributed by atoms with Crippen LogP contribution in [0.1, 0.15) is 31.4 Å². The molecule has 10 heteroatoms. The zero-order chi connectivity index (χ0) is 29.3. The fourth-order valence-electron chi connectivity index (χ4n) is 5.63. The first kappa shape index (κ1) is 28.1. The molecule has 0 atom stereocenters. The highest BCUT2D eigenvalue weighted by Crippen LogP contribution is 2.43. The summed E-state index contributed by atoms with van der Waals surface area (Å²) in [6.45, 7) is 7.96. The van der Waals surface area contributed by atoms with E-state index in [1.54, 1.807) is 34.6 Å². The SMILES string of the molecule is CCN(CC)CCCn1cc(C2=C(c3c[nH]c4cc(OC)c(OC)cc34)C(=O)NC2=O)c2cc(OC)c(OC)cc21. The van der Waals surface area contributed by atoms with E-state index in [2.05, 4.69) is 33.6 Å². The van der Waals surface area contributed by atoms with E-state index in [9.17, 15) is 9.59 Å². The third-order valence-corrected chi connectivity index (χ3v) is 7.81. The van der Waals surface area contributed by atoms with Crippen LogP contribution in [-0.4, -0.2) is 74.3 Å². The van der Waals surface area contributed by atoms with Crippen LogP contribution < -0.4 is 24.3 Å². The van der Waals surface area contributed by atoms with Gasteiger partial charge in [-0.2, -0.15) is 0 Å². The molecule has 1 aliphatic rings. The van der Waals surface area contributed by atoms with Crippen LogP contribution in [0, 0.1) is 0 Å². The Hall–Kier alpha value is -4.44. The van der Waals surface area contributed by atoms with Gasteiger partial charge < -0.3 is 33.4 Å². The lowest BCUT2D eigenvalue weighted by Crippen LogP contribution is -2.24. The molecule has 5 rings (SSSR count). The number of fused-ring (bicyclic) bond motifs is 2. The van der Waals surface area contributed by atoms with Gasteiger partial charge in [-0.3, -0.25) is 14.9 Å². The molecule has 216 valence electrons. The number of aromatic nitrogens is 2. The minimum Gasteiger partial charge on any atom is -0.493 e. The van der Waals surface area contributed by atoms with E-state index in [0.29, 0.717) is 45.3 Å². The van der Waals surface area contributed by atoms with Crippen molar-refractivity contribution in [3.63, 3.8) is 0 Å². The normalized spacial score (nSPS) is 13.5. The largest absolute Gasteiger partial charge is 0.493 e. The summed E-state index contributed by atoms with van der Waals surface area (Å²) < 4.78 is 24.3. The van der Waals surface area contributed by atoms with Gasteiger partial charge in [0.2, 0.25) is 0 Å². The van der Waals surface area contributed by atoms with Gasteiger partial charge in [0.15, 0.2) is 23.0 Å². The minimum absolute atomic E-state index is 0.297. The van der Waals surface area contributed by atoms with Crippen molar-refractivity contribution in [2.45, 2.75) is 26.8 Å². The first-order valence-corrected chi connectivity index (χ1v) is 13.7. The number of H-pyrrole nitrogens is 1. The molecular weight excluding hydrogens is 524 g/mol. The van der Waals surface area contributed by atoms with Crippen molar-refractivity contribution < 1.29 is 28.5 Å². The highest BCUT2D eigenvalue weighted by Gasteiger charge is 2.35. The molecule has 0 fully saturated rings. The summed E-state index contributed by atoms with van der Waals surface area (Å²) in [5, 5.41) is 4.06. The highest BCUT2D eigenvalue weighted by atomic mass is 16.5. The Balaban J connectivity index is 1.72. The van der Waals surface area contributed by atoms with E-state index in [1.165, 1.54) is 0 Å². The van der Waals surface area contributed by atoms with Crippen molar-refractivity contribution in [3.05, 3.63) is 47.8 Å². The van der Waals surface area contributed by atoms with Gasteiger partial charge in [-0.15, -0.1) is 0 Å². The van der Waals surface area contributed by atoms with E-state index < -0.39 is 11.8 Å². The van der Waals surface area contributed by atoms with Crippen LogP contribution in [0.4, 0.5) is 0 Å². The van der Waals surface area contributed by atoms with E-state index in [-0.39, 0.29) is 0 Å². The number of imide groups is 1. The van der Waals surface area contributed by atoms with Gasteiger partial charge in [-0.25, -0.2) is 0 Å². The van der Waals surface area contributed by atoms with Gasteiger partial charge in [0.1, 0.15) is 0 Å². The number of aromatic amines is 1. The van der Waals surface area contributed by atoms with Crippen LogP contribution in [-0.2, 0) is 16.1 Å². The fraction of sp³-hybridized carbons (Fsp3) is 0.355. The van der Waals surface area contributed by atoms with E-state index in [4.69, 9.17) is 18.9 Å². The first-order valence-electron chi connectivity index (χ1n) is 13.7. The maximum atomic E-state index is 13.4. The second-order valence-electron chi connectivity index (χ2n) is 9.83. The van der Waals surface area contributed by atoms with Crippen molar-refractivity contribution in [2.24, 2.45) is 0 Å². The molecular formula is C31H36N4O6. The standard InChI is InChI=1S/C31H36N4O6/c1-7-34(8-2)10-9-11-35-17-21(19-13-25(39-4)27(41-6)15-23(19)35)29-28(30(36)33-31(29)37)20-16-32-22-14-26(40-5)24(38-3)12-18(20)22/h12-17,32H,7-11H2,1-6H3,(H,33,36,37). The number of rotatable bonds is 12. The number of carbonyl (C=O) groups excluding carboxylic acids is 2. The summed E-state index contributed by atoms with van der Waals surface area (Å²) in [4.78, 5) is 32.4. The zero-order valence-electron chi connectivity index (χ0n) is 24.3. The topological polar surface area (TPSA) is 107 Å². The lowest BCUT2D eigenvalue weighted by atomic mass is 9.95. The Morgan fingerprint density at radius 3 is 1.93 bits per heavy atom. The molecule has 2 aromatic carbocycles. The summed E-state index contributed by atoms with van der Waals surface area (Å²) in [6.07, 6.45) is 4.61. The maximum Gasteiger partial charge on any atom is 0.259 e. The van der Waals surface area contributed by atoms with Crippen LogP contribution in [0.2, 0.25) is 0 Å². The molecule has 0 aliphatic carbocycles. The smallest absolute Gasteiger partial charge is 0.259 e. The molecule has 2 N–H and O–H groups in total. The van der Waals surface area contributed by atoms with Gasteiger partial charge >= 0.3 is 0 Å². The molecule has 3 heterocycles. The van der Waals surface area contributed by atoms with Crippen LogP contribution in [0.25, 0.3) is 33.0 Å². The molecule has 0 radical (unpaired) electrons. The van der Waals surface area contributed by atoms with E-state index in [1.807, 2.05) is 30.5 Å². The number of amides is 2. The summed E-state index contributed by atoms with van der Waals surface area (Å²) in [5.74, 6) is 1.31. The molecule has 0 saturated heterocycles. The second-order valence-corrected chi connectivity index (χ2v) is 9.83. The van der Waals surface area contributed by atoms with E-state index >= 15 is 0 Å². The molecule has 10 nitrogen and oxygen atoms in total. The number of hydrogen-bond acceptors (Lipinski definition) is 7. The Kier molecular flexibility index (Phi) is 7.94. The van der Waals surface area contributed by atoms with Crippen LogP contribution >= 0.6 is 0 Å². The van der Waals surface area contributed by atoms with Crippen molar-refractivity contribution in [1.29, 1.82) is 0 Å². The Morgan fingerprint density at radius 2 is 1.32 bits per heavy atom. The van der Waals surface area contributed by atoms with Gasteiger partial charge in [-0.1, -0.05) is 13.8 Å². The van der Waals surface area contributed by atoms with Gasteiger partial charge in [0.25, 0.3) is 11.8 Å². The molecule has 0 unspecified atom stereocenters. The van der Waals surface area contributed by atoms with Crippen molar-refractivity contribution in [1.82, 2.24) is 19.8 Å². The third-order valence-electron chi connectivity index (χ3n) is 7.81. The number of methoxy groups -OCH3 is 4. The monoisotopic (exact) mass is 560 g/mol. The highest BCUT2D eigenvalue weighted by molar-refractivity contribution is 6.50. The molecule has 41 heavy (non-hydrogen) atoms. The number of carbonyl (C=O) groups is 2. The Morgan fingerprint density at radius 1 is 0.756 bits per heavy atom. The Bertz CT molecular complexity index is 1660. The average Bonchev–Trinajstić information content (AvgIpc) is 3.64. The first-order chi connectivity index (χ1) is 19.9. The summed E-state index contributed by atoms with van der Waals surface area (Å²) in [5.41, 5.74) is 3.50. The number of aryl methyl sites for hydroxylation is 1. The van der Waals surface area contributed by atoms with Crippen molar-refractivity contribution >= 4 is 44.8 Å². The minimum atomic E-state index is -0.455. The summed E-state index contributed by atoms with van der Waals surface area (Å²) >= 11 is 0. The van der Waals surface area contributed by atoms with E-state index in [0.717, 1.165) is 54.4 Å². The number of nitrogens with zero attached hydrogens (tertiary/aromatic N) is 2. The molecule has 2 aromatic heterocycles. The van der Waals surface area contributed by atoms with Crippen LogP contribution in [0.5, 0.6) is 23.0 Å². The quantitative estimate of drug-likeness (QED) is 0.247. The fourth-order valence-corrected chi connectivity index (χ4v) is 5.63. The maximum absolute atomic E-state index is 13.4. The predicted octanol–water partition coefficient (Wildman–Crippen LogP) is 4.46.